The van der Waals surface area contributed by atoms with Crippen molar-refractivity contribution in [1.29, 1.82) is 0 Å². The van der Waals surface area contributed by atoms with Gasteiger partial charge in [-0.2, -0.15) is 0 Å². The third-order valence-corrected chi connectivity index (χ3v) is 1.76. The van der Waals surface area contributed by atoms with Crippen LogP contribution in [-0.4, -0.2) is 23.0 Å². The molecule has 0 fully saturated rings. The molecule has 0 spiro atoms. The van der Waals surface area contributed by atoms with Crippen molar-refractivity contribution in [1.82, 2.24) is 0 Å². The lowest BCUT2D eigenvalue weighted by Gasteiger charge is -2.16. The van der Waals surface area contributed by atoms with Gasteiger partial charge in [-0.15, -0.1) is 0 Å². The highest BCUT2D eigenvalue weighted by molar-refractivity contribution is 5.66. The van der Waals surface area contributed by atoms with Crippen molar-refractivity contribution in [3.63, 3.8) is 0 Å². The third kappa shape index (κ3) is 4.45. The number of esters is 1. The molecule has 5 nitrogen and oxygen atoms in total. The minimum atomic E-state index is -0.830. The Kier molecular flexibility index (Phi) is 5.03. The molecule has 0 saturated heterocycles. The molecule has 0 aromatic heterocycles. The SMILES string of the molecule is CCC[C@H](OC(C)=O)[C@@H](C)[N+](=O)[O-]. The number of carbonyl (C=O) groups excluding carboxylic acids is 1. The Morgan fingerprint density at radius 1 is 1.62 bits per heavy atom. The van der Waals surface area contributed by atoms with Gasteiger partial charge in [-0.3, -0.25) is 14.9 Å². The minimum Gasteiger partial charge on any atom is -0.455 e. The van der Waals surface area contributed by atoms with Gasteiger partial charge in [0.15, 0.2) is 6.10 Å². The fourth-order valence-corrected chi connectivity index (χ4v) is 1.03. The second-order valence-electron chi connectivity index (χ2n) is 2.96. The van der Waals surface area contributed by atoms with Crippen molar-refractivity contribution < 1.29 is 14.5 Å². The van der Waals surface area contributed by atoms with Gasteiger partial charge < -0.3 is 4.74 Å². The quantitative estimate of drug-likeness (QED) is 0.372. The number of rotatable bonds is 5. The van der Waals surface area contributed by atoms with E-state index in [-0.39, 0.29) is 0 Å². The summed E-state index contributed by atoms with van der Waals surface area (Å²) in [5.74, 6) is -0.466. The molecule has 0 aliphatic rings. The Bertz CT molecular complexity index is 193. The van der Waals surface area contributed by atoms with E-state index in [0.717, 1.165) is 6.42 Å². The first kappa shape index (κ1) is 11.9. The molecule has 0 saturated carbocycles. The molecule has 13 heavy (non-hydrogen) atoms. The molecule has 0 aliphatic carbocycles. The van der Waals surface area contributed by atoms with Gasteiger partial charge in [0.2, 0.25) is 6.04 Å². The van der Waals surface area contributed by atoms with Gasteiger partial charge >= 0.3 is 5.97 Å². The molecule has 0 unspecified atom stereocenters. The fourth-order valence-electron chi connectivity index (χ4n) is 1.03. The molecule has 0 amide bonds. The Labute approximate surface area is 77.2 Å². The summed E-state index contributed by atoms with van der Waals surface area (Å²) in [7, 11) is 0. The highest BCUT2D eigenvalue weighted by atomic mass is 16.6. The van der Waals surface area contributed by atoms with Crippen LogP contribution in [0.15, 0.2) is 0 Å². The molecule has 0 heterocycles. The lowest BCUT2D eigenvalue weighted by Crippen LogP contribution is -2.34. The minimum absolute atomic E-state index is 0.427. The largest absolute Gasteiger partial charge is 0.455 e. The van der Waals surface area contributed by atoms with Crippen LogP contribution < -0.4 is 0 Å². The van der Waals surface area contributed by atoms with Gasteiger partial charge in [0, 0.05) is 18.8 Å². The number of carbonyl (C=O) groups is 1. The topological polar surface area (TPSA) is 69.4 Å². The smallest absolute Gasteiger partial charge is 0.303 e. The van der Waals surface area contributed by atoms with Gasteiger partial charge in [-0.05, 0) is 6.42 Å². The van der Waals surface area contributed by atoms with Crippen LogP contribution in [0.4, 0.5) is 0 Å². The lowest BCUT2D eigenvalue weighted by molar-refractivity contribution is -0.529. The van der Waals surface area contributed by atoms with E-state index in [0.29, 0.717) is 6.42 Å². The summed E-state index contributed by atoms with van der Waals surface area (Å²) in [6.45, 7) is 4.60. The standard InChI is InChI=1S/C8H15NO4/c1-4-5-8(13-7(3)10)6(2)9(11)12/h6,8H,4-5H2,1-3H3/t6-,8+/m1/s1. The Morgan fingerprint density at radius 2 is 2.15 bits per heavy atom. The molecule has 0 aromatic rings. The Morgan fingerprint density at radius 3 is 2.46 bits per heavy atom. The molecule has 0 rings (SSSR count). The first-order valence-electron chi connectivity index (χ1n) is 4.29. The molecule has 0 radical (unpaired) electrons. The normalized spacial score (nSPS) is 14.7. The molecule has 0 aromatic carbocycles. The van der Waals surface area contributed by atoms with Crippen LogP contribution >= 0.6 is 0 Å². The van der Waals surface area contributed by atoms with Crippen molar-refractivity contribution in [3.05, 3.63) is 10.1 Å². The molecule has 0 N–H and O–H groups in total. The first-order chi connectivity index (χ1) is 5.99. The predicted molar refractivity (Wildman–Crippen MR) is 46.9 cm³/mol. The van der Waals surface area contributed by atoms with Crippen molar-refractivity contribution in [3.8, 4) is 0 Å². The third-order valence-electron chi connectivity index (χ3n) is 1.76. The van der Waals surface area contributed by atoms with Gasteiger partial charge in [-0.25, -0.2) is 0 Å². The van der Waals surface area contributed by atoms with Crippen LogP contribution in [0.25, 0.3) is 0 Å². The molecule has 76 valence electrons. The maximum absolute atomic E-state index is 10.6. The zero-order chi connectivity index (χ0) is 10.4. The molecular weight excluding hydrogens is 174 g/mol. The highest BCUT2D eigenvalue weighted by Crippen LogP contribution is 2.09. The fraction of sp³-hybridized carbons (Fsp3) is 0.875. The van der Waals surface area contributed by atoms with Crippen molar-refractivity contribution in [2.45, 2.75) is 45.8 Å². The first-order valence-corrected chi connectivity index (χ1v) is 4.29. The average molecular weight is 189 g/mol. The summed E-state index contributed by atoms with van der Waals surface area (Å²) in [6, 6.07) is -0.830. The van der Waals surface area contributed by atoms with E-state index in [9.17, 15) is 14.9 Å². The van der Waals surface area contributed by atoms with Crippen molar-refractivity contribution in [2.75, 3.05) is 0 Å². The van der Waals surface area contributed by atoms with Crippen LogP contribution in [-0.2, 0) is 9.53 Å². The summed E-state index contributed by atoms with van der Waals surface area (Å²) in [5, 5.41) is 10.4. The van der Waals surface area contributed by atoms with Gasteiger partial charge in [-0.1, -0.05) is 13.3 Å². The highest BCUT2D eigenvalue weighted by Gasteiger charge is 2.28. The van der Waals surface area contributed by atoms with E-state index in [1.54, 1.807) is 0 Å². The predicted octanol–water partition coefficient (Wildman–Crippen LogP) is 1.38. The molecule has 5 heteroatoms. The second kappa shape index (κ2) is 5.50. The zero-order valence-corrected chi connectivity index (χ0v) is 8.15. The van der Waals surface area contributed by atoms with Crippen molar-refractivity contribution in [2.24, 2.45) is 0 Å². The van der Waals surface area contributed by atoms with E-state index >= 15 is 0 Å². The molecule has 0 aliphatic heterocycles. The van der Waals surface area contributed by atoms with Crippen LogP contribution in [0.2, 0.25) is 0 Å². The van der Waals surface area contributed by atoms with E-state index in [1.807, 2.05) is 6.92 Å². The van der Waals surface area contributed by atoms with Crippen LogP contribution in [0.1, 0.15) is 33.6 Å². The Hall–Kier alpha value is -1.13. The average Bonchev–Trinajstić information content (AvgIpc) is 2.01. The monoisotopic (exact) mass is 189 g/mol. The van der Waals surface area contributed by atoms with Crippen LogP contribution in [0, 0.1) is 10.1 Å². The maximum Gasteiger partial charge on any atom is 0.303 e. The zero-order valence-electron chi connectivity index (χ0n) is 8.15. The van der Waals surface area contributed by atoms with Gasteiger partial charge in [0.1, 0.15) is 0 Å². The van der Waals surface area contributed by atoms with E-state index in [1.165, 1.54) is 13.8 Å². The number of nitro groups is 1. The molecule has 0 bridgehead atoms. The van der Waals surface area contributed by atoms with Crippen molar-refractivity contribution >= 4 is 5.97 Å². The lowest BCUT2D eigenvalue weighted by atomic mass is 10.1. The van der Waals surface area contributed by atoms with E-state index in [2.05, 4.69) is 0 Å². The van der Waals surface area contributed by atoms with Crippen LogP contribution in [0.3, 0.4) is 0 Å². The number of hydrogen-bond donors (Lipinski definition) is 0. The van der Waals surface area contributed by atoms with E-state index in [4.69, 9.17) is 4.74 Å². The number of nitrogens with zero attached hydrogens (tertiary/aromatic N) is 1. The molecular formula is C8H15NO4. The Balaban J connectivity index is 4.22. The number of ether oxygens (including phenoxy) is 1. The summed E-state index contributed by atoms with van der Waals surface area (Å²) in [5.41, 5.74) is 0. The van der Waals surface area contributed by atoms with Crippen LogP contribution in [0.5, 0.6) is 0 Å². The van der Waals surface area contributed by atoms with Gasteiger partial charge in [0.05, 0.1) is 0 Å². The second-order valence-corrected chi connectivity index (χ2v) is 2.96. The van der Waals surface area contributed by atoms with E-state index < -0.39 is 23.0 Å². The summed E-state index contributed by atoms with van der Waals surface area (Å²) in [4.78, 5) is 20.6. The summed E-state index contributed by atoms with van der Waals surface area (Å²) < 4.78 is 4.83. The summed E-state index contributed by atoms with van der Waals surface area (Å²) >= 11 is 0. The summed E-state index contributed by atoms with van der Waals surface area (Å²) in [6.07, 6.45) is 0.690. The van der Waals surface area contributed by atoms with Gasteiger partial charge in [0.25, 0.3) is 0 Å². The maximum atomic E-state index is 10.6. The number of hydrogen-bond acceptors (Lipinski definition) is 4. The molecule has 2 atom stereocenters.